The molecule has 1 amide bonds. The molecular formula is C14H13BrN2O2. The Labute approximate surface area is 119 Å². The molecule has 0 saturated carbocycles. The van der Waals surface area contributed by atoms with Crippen LogP contribution in [-0.2, 0) is 0 Å². The lowest BCUT2D eigenvalue weighted by atomic mass is 10.1. The highest BCUT2D eigenvalue weighted by Gasteiger charge is 2.16. The molecule has 0 fully saturated rings. The number of amides is 1. The Hall–Kier alpha value is -2.01. The molecule has 0 unspecified atom stereocenters. The molecule has 5 heteroatoms. The first-order chi connectivity index (χ1) is 9.00. The minimum atomic E-state index is -0.235. The van der Waals surface area contributed by atoms with Crippen molar-refractivity contribution in [3.05, 3.63) is 52.5 Å². The zero-order valence-corrected chi connectivity index (χ0v) is 11.9. The maximum atomic E-state index is 12.3. The minimum absolute atomic E-state index is 0.0280. The van der Waals surface area contributed by atoms with Crippen LogP contribution in [0.3, 0.4) is 0 Å². The number of halogens is 1. The van der Waals surface area contributed by atoms with Gasteiger partial charge in [0.05, 0.1) is 15.8 Å². The molecule has 2 aromatic carbocycles. The molecule has 0 aliphatic carbocycles. The average molecular weight is 321 g/mol. The Balaban J connectivity index is 2.34. The van der Waals surface area contributed by atoms with Crippen molar-refractivity contribution in [2.75, 3.05) is 17.7 Å². The van der Waals surface area contributed by atoms with E-state index in [4.69, 9.17) is 5.73 Å². The lowest BCUT2D eigenvalue weighted by Crippen LogP contribution is -2.26. The van der Waals surface area contributed by atoms with Crippen LogP contribution in [0.4, 0.5) is 11.4 Å². The SMILES string of the molecule is CN(C(=O)c1ccc(Br)c(O)c1)c1ccccc1N. The van der Waals surface area contributed by atoms with Gasteiger partial charge in [0.2, 0.25) is 0 Å². The third kappa shape index (κ3) is 2.71. The van der Waals surface area contributed by atoms with E-state index < -0.39 is 0 Å². The number of hydrogen-bond acceptors (Lipinski definition) is 3. The van der Waals surface area contributed by atoms with Crippen LogP contribution in [-0.4, -0.2) is 18.1 Å². The topological polar surface area (TPSA) is 66.6 Å². The standard InChI is InChI=1S/C14H13BrN2O2/c1-17(12-5-3-2-4-11(12)16)14(19)9-6-7-10(15)13(18)8-9/h2-8,18H,16H2,1H3. The number of phenols is 1. The van der Waals surface area contributed by atoms with E-state index in [1.54, 1.807) is 31.3 Å². The number of phenolic OH excluding ortho intramolecular Hbond substituents is 1. The van der Waals surface area contributed by atoms with Crippen LogP contribution in [0.5, 0.6) is 5.75 Å². The fourth-order valence-electron chi connectivity index (χ4n) is 1.74. The number of carbonyl (C=O) groups is 1. The Morgan fingerprint density at radius 2 is 1.95 bits per heavy atom. The summed E-state index contributed by atoms with van der Waals surface area (Å²) >= 11 is 3.18. The molecule has 2 rings (SSSR count). The van der Waals surface area contributed by atoms with Crippen molar-refractivity contribution < 1.29 is 9.90 Å². The second-order valence-corrected chi connectivity index (χ2v) is 4.94. The van der Waals surface area contributed by atoms with E-state index in [9.17, 15) is 9.90 Å². The highest BCUT2D eigenvalue weighted by atomic mass is 79.9. The van der Waals surface area contributed by atoms with E-state index in [0.717, 1.165) is 0 Å². The third-order valence-corrected chi connectivity index (χ3v) is 3.47. The lowest BCUT2D eigenvalue weighted by molar-refractivity contribution is 0.0992. The molecule has 0 atom stereocenters. The number of para-hydroxylation sites is 2. The summed E-state index contributed by atoms with van der Waals surface area (Å²) in [6.45, 7) is 0. The first-order valence-corrected chi connectivity index (χ1v) is 6.41. The van der Waals surface area contributed by atoms with Crippen LogP contribution in [0, 0.1) is 0 Å². The van der Waals surface area contributed by atoms with Crippen LogP contribution < -0.4 is 10.6 Å². The van der Waals surface area contributed by atoms with Crippen molar-refractivity contribution in [2.24, 2.45) is 0 Å². The largest absolute Gasteiger partial charge is 0.507 e. The summed E-state index contributed by atoms with van der Waals surface area (Å²) in [7, 11) is 1.65. The van der Waals surface area contributed by atoms with Crippen molar-refractivity contribution in [1.29, 1.82) is 0 Å². The van der Waals surface area contributed by atoms with E-state index in [0.29, 0.717) is 21.4 Å². The lowest BCUT2D eigenvalue weighted by Gasteiger charge is -2.19. The van der Waals surface area contributed by atoms with Crippen molar-refractivity contribution in [3.63, 3.8) is 0 Å². The van der Waals surface area contributed by atoms with Crippen molar-refractivity contribution in [1.82, 2.24) is 0 Å². The van der Waals surface area contributed by atoms with Gasteiger partial charge < -0.3 is 15.7 Å². The molecule has 0 saturated heterocycles. The highest BCUT2D eigenvalue weighted by Crippen LogP contribution is 2.27. The predicted octanol–water partition coefficient (Wildman–Crippen LogP) is 3.01. The first-order valence-electron chi connectivity index (χ1n) is 5.62. The Morgan fingerprint density at radius 1 is 1.26 bits per heavy atom. The average Bonchev–Trinajstić information content (AvgIpc) is 2.41. The Kier molecular flexibility index (Phi) is 3.76. The summed E-state index contributed by atoms with van der Waals surface area (Å²) in [5.74, 6) is -0.207. The van der Waals surface area contributed by atoms with Crippen molar-refractivity contribution in [2.45, 2.75) is 0 Å². The van der Waals surface area contributed by atoms with Gasteiger partial charge in [0.1, 0.15) is 5.75 Å². The summed E-state index contributed by atoms with van der Waals surface area (Å²) in [5.41, 5.74) is 7.40. The zero-order chi connectivity index (χ0) is 14.0. The monoisotopic (exact) mass is 320 g/mol. The molecular weight excluding hydrogens is 308 g/mol. The number of rotatable bonds is 2. The van der Waals surface area contributed by atoms with Gasteiger partial charge in [0.25, 0.3) is 5.91 Å². The normalized spacial score (nSPS) is 10.2. The molecule has 98 valence electrons. The number of nitrogens with zero attached hydrogens (tertiary/aromatic N) is 1. The van der Waals surface area contributed by atoms with Gasteiger partial charge in [-0.05, 0) is 46.3 Å². The molecule has 0 spiro atoms. The number of benzene rings is 2. The maximum Gasteiger partial charge on any atom is 0.258 e. The Bertz CT molecular complexity index is 629. The minimum Gasteiger partial charge on any atom is -0.507 e. The number of carbonyl (C=O) groups excluding carboxylic acids is 1. The van der Waals surface area contributed by atoms with Crippen LogP contribution in [0.2, 0.25) is 0 Å². The summed E-state index contributed by atoms with van der Waals surface area (Å²) in [6, 6.07) is 11.8. The second-order valence-electron chi connectivity index (χ2n) is 4.09. The van der Waals surface area contributed by atoms with E-state index in [1.165, 1.54) is 11.0 Å². The van der Waals surface area contributed by atoms with Gasteiger partial charge in [-0.3, -0.25) is 4.79 Å². The molecule has 19 heavy (non-hydrogen) atoms. The first kappa shape index (κ1) is 13.4. The van der Waals surface area contributed by atoms with E-state index >= 15 is 0 Å². The fraction of sp³-hybridized carbons (Fsp3) is 0.0714. The number of hydrogen-bond donors (Lipinski definition) is 2. The third-order valence-electron chi connectivity index (χ3n) is 2.80. The van der Waals surface area contributed by atoms with Crippen molar-refractivity contribution in [3.8, 4) is 5.75 Å². The number of nitrogens with two attached hydrogens (primary N) is 1. The summed E-state index contributed by atoms with van der Waals surface area (Å²) < 4.78 is 0.547. The molecule has 0 aliphatic rings. The summed E-state index contributed by atoms with van der Waals surface area (Å²) in [5, 5.41) is 9.61. The van der Waals surface area contributed by atoms with E-state index in [-0.39, 0.29) is 11.7 Å². The molecule has 0 radical (unpaired) electrons. The molecule has 0 bridgehead atoms. The van der Waals surface area contributed by atoms with Gasteiger partial charge in [-0.25, -0.2) is 0 Å². The Morgan fingerprint density at radius 3 is 2.58 bits per heavy atom. The van der Waals surface area contributed by atoms with Crippen LogP contribution >= 0.6 is 15.9 Å². The fourth-order valence-corrected chi connectivity index (χ4v) is 1.99. The van der Waals surface area contributed by atoms with Gasteiger partial charge in [0.15, 0.2) is 0 Å². The van der Waals surface area contributed by atoms with Crippen LogP contribution in [0.1, 0.15) is 10.4 Å². The van der Waals surface area contributed by atoms with Gasteiger partial charge in [-0.2, -0.15) is 0 Å². The van der Waals surface area contributed by atoms with Crippen LogP contribution in [0.15, 0.2) is 46.9 Å². The maximum absolute atomic E-state index is 12.3. The van der Waals surface area contributed by atoms with Crippen molar-refractivity contribution >= 4 is 33.2 Å². The molecule has 0 aliphatic heterocycles. The predicted molar refractivity (Wildman–Crippen MR) is 79.4 cm³/mol. The van der Waals surface area contributed by atoms with Gasteiger partial charge in [-0.1, -0.05) is 12.1 Å². The summed E-state index contributed by atoms with van der Waals surface area (Å²) in [6.07, 6.45) is 0. The highest BCUT2D eigenvalue weighted by molar-refractivity contribution is 9.10. The number of nitrogen functional groups attached to an aromatic ring is 1. The number of anilines is 2. The van der Waals surface area contributed by atoms with E-state index in [1.807, 2.05) is 12.1 Å². The molecule has 2 aromatic rings. The van der Waals surface area contributed by atoms with Gasteiger partial charge >= 0.3 is 0 Å². The number of aromatic hydroxyl groups is 1. The summed E-state index contributed by atoms with van der Waals surface area (Å²) in [4.78, 5) is 13.8. The zero-order valence-electron chi connectivity index (χ0n) is 10.3. The quantitative estimate of drug-likeness (QED) is 0.836. The molecule has 3 N–H and O–H groups in total. The van der Waals surface area contributed by atoms with Gasteiger partial charge in [0, 0.05) is 12.6 Å². The van der Waals surface area contributed by atoms with Crippen LogP contribution in [0.25, 0.3) is 0 Å². The van der Waals surface area contributed by atoms with Gasteiger partial charge in [-0.15, -0.1) is 0 Å². The molecule has 0 aromatic heterocycles. The second kappa shape index (κ2) is 5.32. The van der Waals surface area contributed by atoms with E-state index in [2.05, 4.69) is 15.9 Å². The molecule has 4 nitrogen and oxygen atoms in total. The smallest absolute Gasteiger partial charge is 0.258 e. The molecule has 0 heterocycles.